The van der Waals surface area contributed by atoms with Crippen molar-refractivity contribution < 1.29 is 0 Å². The van der Waals surface area contributed by atoms with Crippen LogP contribution in [0.2, 0.25) is 0 Å². The minimum absolute atomic E-state index is 0.533. The maximum absolute atomic E-state index is 5.64. The number of rotatable bonds is 7. The smallest absolute Gasteiger partial charge is 0.238 e. The summed E-state index contributed by atoms with van der Waals surface area (Å²) in [6.45, 7) is 0. The molecule has 17 aromatic rings. The average molecular weight is 1040 g/mol. The zero-order valence-corrected chi connectivity index (χ0v) is 43.7. The van der Waals surface area contributed by atoms with E-state index in [4.69, 9.17) is 19.9 Å². The van der Waals surface area contributed by atoms with E-state index in [1.807, 2.05) is 0 Å². The normalized spacial score (nSPS) is 12.0. The van der Waals surface area contributed by atoms with Crippen molar-refractivity contribution in [3.8, 4) is 61.8 Å². The van der Waals surface area contributed by atoms with Gasteiger partial charge in [-0.2, -0.15) is 9.97 Å². The monoisotopic (exact) mass is 1040 g/mol. The van der Waals surface area contributed by atoms with Crippen LogP contribution >= 0.6 is 11.3 Å². The standard InChI is InChI=1S/C72H43N7S/c1-3-18-49(19-4-1)77-61-28-14-11-24-53(61)55-38-35-47(41-64(55)77)69-74-70(48-36-39-56-54-25-12-15-29-62(54)78(65(56)42-48)50-20-5-2-6-21-50)76-72(75-69)79-63-40-37-44-17-7-8-22-51(44)67(63)59-43-58(52-23-9-10-26-57(52)68(59)79)45-31-33-46(34-32-45)71-73-60-27-13-16-30-66(60)80-71/h1-43H. The van der Waals surface area contributed by atoms with Gasteiger partial charge in [-0.25, -0.2) is 9.97 Å². The number of thiazole rings is 1. The second kappa shape index (κ2) is 17.5. The van der Waals surface area contributed by atoms with E-state index >= 15 is 0 Å². The van der Waals surface area contributed by atoms with Crippen LogP contribution in [0.4, 0.5) is 0 Å². The van der Waals surface area contributed by atoms with Crippen LogP contribution in [0.5, 0.6) is 0 Å². The van der Waals surface area contributed by atoms with Crippen molar-refractivity contribution in [2.75, 3.05) is 0 Å². The summed E-state index contributed by atoms with van der Waals surface area (Å²) in [6.07, 6.45) is 0. The minimum Gasteiger partial charge on any atom is -0.309 e. The van der Waals surface area contributed by atoms with Crippen molar-refractivity contribution in [1.82, 2.24) is 33.6 Å². The molecule has 0 N–H and O–H groups in total. The van der Waals surface area contributed by atoms with Gasteiger partial charge in [-0.3, -0.25) is 4.57 Å². The number of hydrogen-bond acceptors (Lipinski definition) is 5. The SMILES string of the molecule is c1ccc(-n2c3ccccc3c3ccc(-c4nc(-c5ccc6c7ccccc7n(-c7ccccc7)c6c5)nc(-n5c6ccc7ccccc7c6c6cc(-c7ccc(-c8nc9ccccc9s8)cc7)c7ccccc7c65)n4)cc32)cc1. The highest BCUT2D eigenvalue weighted by Crippen LogP contribution is 2.45. The lowest BCUT2D eigenvalue weighted by atomic mass is 9.94. The second-order valence-corrected chi connectivity index (χ2v) is 21.6. The van der Waals surface area contributed by atoms with Crippen molar-refractivity contribution in [3.05, 3.63) is 261 Å². The number of hydrogen-bond donors (Lipinski definition) is 0. The molecule has 0 saturated carbocycles. The third-order valence-electron chi connectivity index (χ3n) is 16.1. The van der Waals surface area contributed by atoms with Crippen LogP contribution in [0, 0.1) is 0 Å². The number of para-hydroxylation sites is 5. The molecule has 0 bridgehead atoms. The fourth-order valence-corrected chi connectivity index (χ4v) is 13.5. The number of benzene rings is 12. The molecular formula is C72H43N7S. The lowest BCUT2D eigenvalue weighted by Gasteiger charge is -2.14. The Balaban J connectivity index is 0.941. The molecule has 12 aromatic carbocycles. The lowest BCUT2D eigenvalue weighted by molar-refractivity contribution is 0.955. The average Bonchev–Trinajstić information content (AvgIpc) is 4.46. The number of nitrogens with zero attached hydrogens (tertiary/aromatic N) is 7. The van der Waals surface area contributed by atoms with Crippen molar-refractivity contribution in [2.24, 2.45) is 0 Å². The van der Waals surface area contributed by atoms with E-state index < -0.39 is 0 Å². The van der Waals surface area contributed by atoms with Crippen molar-refractivity contribution in [1.29, 1.82) is 0 Å². The summed E-state index contributed by atoms with van der Waals surface area (Å²) in [5, 5.41) is 12.5. The molecule has 0 amide bonds. The van der Waals surface area contributed by atoms with Gasteiger partial charge in [0.1, 0.15) is 5.01 Å². The van der Waals surface area contributed by atoms with Gasteiger partial charge in [0.15, 0.2) is 11.6 Å². The largest absolute Gasteiger partial charge is 0.309 e. The van der Waals surface area contributed by atoms with Crippen LogP contribution in [0.25, 0.3) is 159 Å². The first-order valence-electron chi connectivity index (χ1n) is 27.0. The summed E-state index contributed by atoms with van der Waals surface area (Å²) in [4.78, 5) is 21.8. The van der Waals surface area contributed by atoms with Gasteiger partial charge >= 0.3 is 0 Å². The van der Waals surface area contributed by atoms with Gasteiger partial charge in [0.2, 0.25) is 5.95 Å². The number of fused-ring (bicyclic) bond motifs is 14. The number of aromatic nitrogens is 7. The van der Waals surface area contributed by atoms with E-state index in [-0.39, 0.29) is 0 Å². The summed E-state index contributed by atoms with van der Waals surface area (Å²) in [7, 11) is 0. The van der Waals surface area contributed by atoms with Gasteiger partial charge in [0, 0.05) is 65.8 Å². The molecule has 80 heavy (non-hydrogen) atoms. The summed E-state index contributed by atoms with van der Waals surface area (Å²) >= 11 is 1.73. The van der Waals surface area contributed by atoms with Crippen molar-refractivity contribution in [3.63, 3.8) is 0 Å². The van der Waals surface area contributed by atoms with Crippen LogP contribution < -0.4 is 0 Å². The first kappa shape index (κ1) is 44.6. The first-order chi connectivity index (χ1) is 39.7. The minimum atomic E-state index is 0.533. The molecule has 372 valence electrons. The Kier molecular flexibility index (Phi) is 9.75. The van der Waals surface area contributed by atoms with Gasteiger partial charge in [-0.1, -0.05) is 188 Å². The fraction of sp³-hybridized carbons (Fsp3) is 0. The van der Waals surface area contributed by atoms with E-state index in [9.17, 15) is 0 Å². The molecule has 0 aliphatic rings. The Labute approximate surface area is 462 Å². The molecule has 0 radical (unpaired) electrons. The Hall–Kier alpha value is -10.5. The highest BCUT2D eigenvalue weighted by Gasteiger charge is 2.24. The zero-order valence-electron chi connectivity index (χ0n) is 42.9. The molecular weight excluding hydrogens is 995 g/mol. The Morgan fingerprint density at radius 3 is 1.45 bits per heavy atom. The maximum atomic E-state index is 5.64. The van der Waals surface area contributed by atoms with Gasteiger partial charge in [-0.05, 0) is 100 Å². The predicted octanol–water partition coefficient (Wildman–Crippen LogP) is 18.7. The second-order valence-electron chi connectivity index (χ2n) is 20.6. The van der Waals surface area contributed by atoms with Crippen molar-refractivity contribution in [2.45, 2.75) is 0 Å². The summed E-state index contributed by atoms with van der Waals surface area (Å²) in [6, 6.07) is 93.5. The molecule has 17 rings (SSSR count). The molecule has 7 nitrogen and oxygen atoms in total. The Morgan fingerprint density at radius 1 is 0.300 bits per heavy atom. The van der Waals surface area contributed by atoms with E-state index in [1.165, 1.54) is 15.5 Å². The van der Waals surface area contributed by atoms with Crippen LogP contribution in [0.3, 0.4) is 0 Å². The predicted molar refractivity (Wildman–Crippen MR) is 333 cm³/mol. The van der Waals surface area contributed by atoms with E-state index in [0.717, 1.165) is 126 Å². The molecule has 0 fully saturated rings. The summed E-state index contributed by atoms with van der Waals surface area (Å²) in [5.41, 5.74) is 14.8. The van der Waals surface area contributed by atoms with E-state index in [0.29, 0.717) is 17.6 Å². The molecule has 5 aromatic heterocycles. The highest BCUT2D eigenvalue weighted by atomic mass is 32.1. The van der Waals surface area contributed by atoms with Gasteiger partial charge in [0.25, 0.3) is 0 Å². The van der Waals surface area contributed by atoms with Crippen LogP contribution in [0.15, 0.2) is 261 Å². The molecule has 0 spiro atoms. The van der Waals surface area contributed by atoms with Gasteiger partial charge in [-0.15, -0.1) is 11.3 Å². The molecule has 0 aliphatic carbocycles. The Bertz CT molecular complexity index is 5150. The van der Waals surface area contributed by atoms with Gasteiger partial charge < -0.3 is 9.13 Å². The zero-order chi connectivity index (χ0) is 52.4. The summed E-state index contributed by atoms with van der Waals surface area (Å²) < 4.78 is 8.19. The van der Waals surface area contributed by atoms with E-state index in [2.05, 4.69) is 275 Å². The van der Waals surface area contributed by atoms with Gasteiger partial charge in [0.05, 0.1) is 43.3 Å². The first-order valence-corrected chi connectivity index (χ1v) is 27.8. The quantitative estimate of drug-likeness (QED) is 0.160. The van der Waals surface area contributed by atoms with Crippen LogP contribution in [0.1, 0.15) is 0 Å². The molecule has 5 heterocycles. The molecule has 0 unspecified atom stereocenters. The Morgan fingerprint density at radius 2 is 0.812 bits per heavy atom. The van der Waals surface area contributed by atoms with Crippen molar-refractivity contribution >= 4 is 109 Å². The molecule has 0 atom stereocenters. The third-order valence-corrected chi connectivity index (χ3v) is 17.2. The maximum Gasteiger partial charge on any atom is 0.238 e. The molecule has 0 saturated heterocycles. The molecule has 0 aliphatic heterocycles. The van der Waals surface area contributed by atoms with Crippen LogP contribution in [-0.4, -0.2) is 33.6 Å². The lowest BCUT2D eigenvalue weighted by Crippen LogP contribution is -2.07. The fourth-order valence-electron chi connectivity index (χ4n) is 12.5. The molecule has 8 heteroatoms. The van der Waals surface area contributed by atoms with E-state index in [1.54, 1.807) is 11.3 Å². The topological polar surface area (TPSA) is 66.3 Å². The summed E-state index contributed by atoms with van der Waals surface area (Å²) in [5.74, 6) is 1.68. The third kappa shape index (κ3) is 6.79. The van der Waals surface area contributed by atoms with Crippen LogP contribution in [-0.2, 0) is 0 Å². The highest BCUT2D eigenvalue weighted by molar-refractivity contribution is 7.21.